The highest BCUT2D eigenvalue weighted by Gasteiger charge is 2.09. The maximum absolute atomic E-state index is 10.1. The fourth-order valence-corrected chi connectivity index (χ4v) is 2.51. The third kappa shape index (κ3) is 3.91. The van der Waals surface area contributed by atoms with E-state index in [-0.39, 0.29) is 0 Å². The van der Waals surface area contributed by atoms with Crippen LogP contribution in [0.2, 0.25) is 0 Å². The molecule has 0 aliphatic heterocycles. The molecule has 0 fully saturated rings. The predicted octanol–water partition coefficient (Wildman–Crippen LogP) is 2.68. The highest BCUT2D eigenvalue weighted by molar-refractivity contribution is 7.07. The molecule has 2 heterocycles. The Morgan fingerprint density at radius 1 is 1.25 bits per heavy atom. The molecule has 2 rings (SSSR count). The van der Waals surface area contributed by atoms with Crippen LogP contribution in [0.3, 0.4) is 0 Å². The molecule has 0 radical (unpaired) electrons. The average Bonchev–Trinajstić information content (AvgIpc) is 2.99. The molecule has 2 aromatic heterocycles. The summed E-state index contributed by atoms with van der Waals surface area (Å²) in [4.78, 5) is 8.81. The maximum Gasteiger partial charge on any atom is 0.132 e. The van der Waals surface area contributed by atoms with Crippen LogP contribution in [0, 0.1) is 0 Å². The molecular formula is C14H20N4OS. The first-order valence-corrected chi connectivity index (χ1v) is 7.73. The number of hydrogen-bond acceptors (Lipinski definition) is 6. The normalized spacial score (nSPS) is 12.2. The van der Waals surface area contributed by atoms with E-state index >= 15 is 0 Å². The summed E-state index contributed by atoms with van der Waals surface area (Å²) in [5, 5.41) is 20.3. The van der Waals surface area contributed by atoms with Crippen LogP contribution in [0.15, 0.2) is 22.9 Å². The van der Waals surface area contributed by atoms with Gasteiger partial charge in [0.2, 0.25) is 0 Å². The molecular weight excluding hydrogens is 272 g/mol. The first-order valence-electron chi connectivity index (χ1n) is 6.78. The van der Waals surface area contributed by atoms with Crippen molar-refractivity contribution < 1.29 is 5.11 Å². The summed E-state index contributed by atoms with van der Waals surface area (Å²) in [6.45, 7) is 5.30. The van der Waals surface area contributed by atoms with Crippen LogP contribution in [0.5, 0.6) is 0 Å². The van der Waals surface area contributed by atoms with Gasteiger partial charge in [0.15, 0.2) is 0 Å². The van der Waals surface area contributed by atoms with Crippen LogP contribution < -0.4 is 10.6 Å². The van der Waals surface area contributed by atoms with Gasteiger partial charge >= 0.3 is 0 Å². The molecule has 0 aliphatic carbocycles. The van der Waals surface area contributed by atoms with Crippen LogP contribution in [0.1, 0.15) is 31.3 Å². The van der Waals surface area contributed by atoms with Crippen molar-refractivity contribution in [2.75, 3.05) is 23.7 Å². The van der Waals surface area contributed by atoms with Gasteiger partial charge in [-0.05, 0) is 29.3 Å². The van der Waals surface area contributed by atoms with Crippen molar-refractivity contribution in [3.63, 3.8) is 0 Å². The molecule has 0 saturated carbocycles. The molecule has 1 atom stereocenters. The number of hydrogen-bond donors (Lipinski definition) is 3. The predicted molar refractivity (Wildman–Crippen MR) is 83.3 cm³/mol. The van der Waals surface area contributed by atoms with Gasteiger partial charge in [-0.15, -0.1) is 0 Å². The monoisotopic (exact) mass is 292 g/mol. The van der Waals surface area contributed by atoms with E-state index in [0.29, 0.717) is 6.54 Å². The molecule has 6 heteroatoms. The van der Waals surface area contributed by atoms with Crippen molar-refractivity contribution in [2.24, 2.45) is 0 Å². The van der Waals surface area contributed by atoms with E-state index in [1.54, 1.807) is 11.3 Å². The molecule has 1 unspecified atom stereocenters. The highest BCUT2D eigenvalue weighted by atomic mass is 32.1. The SMILES string of the molecule is CCNc1cc(NCC(O)c2ccsc2)nc(CC)n1. The van der Waals surface area contributed by atoms with Gasteiger partial charge in [-0.25, -0.2) is 9.97 Å². The zero-order chi connectivity index (χ0) is 14.4. The fraction of sp³-hybridized carbons (Fsp3) is 0.429. The first kappa shape index (κ1) is 14.7. The van der Waals surface area contributed by atoms with E-state index in [9.17, 15) is 5.11 Å². The number of aromatic nitrogens is 2. The van der Waals surface area contributed by atoms with Crippen molar-refractivity contribution in [1.82, 2.24) is 9.97 Å². The van der Waals surface area contributed by atoms with E-state index in [4.69, 9.17) is 0 Å². The highest BCUT2D eigenvalue weighted by Crippen LogP contribution is 2.18. The molecule has 108 valence electrons. The van der Waals surface area contributed by atoms with Gasteiger partial charge in [0, 0.05) is 25.6 Å². The molecule has 0 aliphatic rings. The minimum atomic E-state index is -0.524. The van der Waals surface area contributed by atoms with Crippen molar-refractivity contribution >= 4 is 23.0 Å². The van der Waals surface area contributed by atoms with Crippen molar-refractivity contribution in [2.45, 2.75) is 26.4 Å². The lowest BCUT2D eigenvalue weighted by atomic mass is 10.2. The smallest absolute Gasteiger partial charge is 0.132 e. The van der Waals surface area contributed by atoms with Crippen LogP contribution in [-0.2, 0) is 6.42 Å². The van der Waals surface area contributed by atoms with Gasteiger partial charge in [-0.2, -0.15) is 11.3 Å². The molecule has 0 bridgehead atoms. The maximum atomic E-state index is 10.1. The number of aliphatic hydroxyl groups excluding tert-OH is 1. The Hall–Kier alpha value is -1.66. The molecule has 0 aromatic carbocycles. The third-order valence-electron chi connectivity index (χ3n) is 2.85. The Balaban J connectivity index is 2.02. The van der Waals surface area contributed by atoms with Crippen LogP contribution >= 0.6 is 11.3 Å². The van der Waals surface area contributed by atoms with Crippen molar-refractivity contribution in [1.29, 1.82) is 0 Å². The molecule has 0 spiro atoms. The van der Waals surface area contributed by atoms with Crippen LogP contribution in [0.25, 0.3) is 0 Å². The second kappa shape index (κ2) is 7.21. The Morgan fingerprint density at radius 3 is 2.60 bits per heavy atom. The minimum Gasteiger partial charge on any atom is -0.387 e. The van der Waals surface area contributed by atoms with E-state index in [0.717, 1.165) is 36.0 Å². The lowest BCUT2D eigenvalue weighted by molar-refractivity contribution is 0.192. The quantitative estimate of drug-likeness (QED) is 0.732. The number of aryl methyl sites for hydroxylation is 1. The Labute approximate surface area is 123 Å². The summed E-state index contributed by atoms with van der Waals surface area (Å²) < 4.78 is 0. The standard InChI is InChI=1S/C14H20N4OS/c1-3-12-17-13(15-4-2)7-14(18-12)16-8-11(19)10-5-6-20-9-10/h5-7,9,11,19H,3-4,8H2,1-2H3,(H2,15,16,17,18). The number of anilines is 2. The first-order chi connectivity index (χ1) is 9.72. The van der Waals surface area contributed by atoms with Gasteiger partial charge < -0.3 is 15.7 Å². The van der Waals surface area contributed by atoms with Gasteiger partial charge in [0.25, 0.3) is 0 Å². The zero-order valence-electron chi connectivity index (χ0n) is 11.8. The number of aliphatic hydroxyl groups is 1. The Bertz CT molecular complexity index is 530. The summed E-state index contributed by atoms with van der Waals surface area (Å²) in [5.74, 6) is 2.34. The molecule has 5 nitrogen and oxygen atoms in total. The Kier molecular flexibility index (Phi) is 5.31. The second-order valence-corrected chi connectivity index (χ2v) is 5.17. The van der Waals surface area contributed by atoms with Crippen molar-refractivity contribution in [3.8, 4) is 0 Å². The lowest BCUT2D eigenvalue weighted by Crippen LogP contribution is -2.14. The van der Waals surface area contributed by atoms with E-state index in [1.165, 1.54) is 0 Å². The van der Waals surface area contributed by atoms with E-state index in [2.05, 4.69) is 20.6 Å². The van der Waals surface area contributed by atoms with Crippen LogP contribution in [-0.4, -0.2) is 28.2 Å². The van der Waals surface area contributed by atoms with Gasteiger partial charge in [-0.3, -0.25) is 0 Å². The molecule has 0 saturated heterocycles. The van der Waals surface area contributed by atoms with E-state index < -0.39 is 6.10 Å². The topological polar surface area (TPSA) is 70.1 Å². The minimum absolute atomic E-state index is 0.433. The van der Waals surface area contributed by atoms with Crippen LogP contribution in [0.4, 0.5) is 11.6 Å². The summed E-state index contributed by atoms with van der Waals surface area (Å²) in [6.07, 6.45) is 0.255. The number of nitrogens with one attached hydrogen (secondary N) is 2. The van der Waals surface area contributed by atoms with Gasteiger partial charge in [-0.1, -0.05) is 6.92 Å². The summed E-state index contributed by atoms with van der Waals surface area (Å²) in [7, 11) is 0. The Morgan fingerprint density at radius 2 is 2.00 bits per heavy atom. The number of rotatable bonds is 7. The fourth-order valence-electron chi connectivity index (χ4n) is 1.80. The summed E-state index contributed by atoms with van der Waals surface area (Å²) >= 11 is 1.58. The number of nitrogens with zero attached hydrogens (tertiary/aromatic N) is 2. The van der Waals surface area contributed by atoms with E-state index in [1.807, 2.05) is 36.7 Å². The lowest BCUT2D eigenvalue weighted by Gasteiger charge is -2.13. The third-order valence-corrected chi connectivity index (χ3v) is 3.55. The number of thiophene rings is 1. The zero-order valence-corrected chi connectivity index (χ0v) is 12.6. The average molecular weight is 292 g/mol. The molecule has 3 N–H and O–H groups in total. The van der Waals surface area contributed by atoms with Gasteiger partial charge in [0.1, 0.15) is 17.5 Å². The van der Waals surface area contributed by atoms with Gasteiger partial charge in [0.05, 0.1) is 6.10 Å². The summed E-state index contributed by atoms with van der Waals surface area (Å²) in [6, 6.07) is 3.79. The van der Waals surface area contributed by atoms with Crippen molar-refractivity contribution in [3.05, 3.63) is 34.3 Å². The summed E-state index contributed by atoms with van der Waals surface area (Å²) in [5.41, 5.74) is 0.930. The molecule has 20 heavy (non-hydrogen) atoms. The largest absolute Gasteiger partial charge is 0.387 e. The molecule has 0 amide bonds. The second-order valence-electron chi connectivity index (χ2n) is 4.39. The molecule has 2 aromatic rings.